The number of benzene rings is 1. The highest BCUT2D eigenvalue weighted by atomic mass is 19.1. The lowest BCUT2D eigenvalue weighted by atomic mass is 9.94. The zero-order chi connectivity index (χ0) is 13.1. The Morgan fingerprint density at radius 3 is 2.59 bits per heavy atom. The number of nitrogens with zero attached hydrogens (tertiary/aromatic N) is 1. The number of isocyanates is 1. The molecule has 1 aromatic carbocycles. The molecule has 0 atom stereocenters. The summed E-state index contributed by atoms with van der Waals surface area (Å²) in [6.45, 7) is 4.95. The van der Waals surface area contributed by atoms with E-state index in [9.17, 15) is 9.18 Å². The molecule has 0 aliphatic heterocycles. The predicted molar refractivity (Wildman–Crippen MR) is 63.7 cm³/mol. The van der Waals surface area contributed by atoms with Crippen molar-refractivity contribution in [3.05, 3.63) is 28.8 Å². The fourth-order valence-corrected chi connectivity index (χ4v) is 1.74. The van der Waals surface area contributed by atoms with Gasteiger partial charge in [-0.25, -0.2) is 14.2 Å². The Morgan fingerprint density at radius 2 is 2.12 bits per heavy atom. The lowest BCUT2D eigenvalue weighted by Crippen LogP contribution is -2.12. The number of hydrogen-bond donors (Lipinski definition) is 0. The van der Waals surface area contributed by atoms with Crippen LogP contribution < -0.4 is 4.74 Å². The van der Waals surface area contributed by atoms with E-state index < -0.39 is 5.67 Å². The minimum Gasteiger partial charge on any atom is -0.496 e. The molecule has 0 heterocycles. The fourth-order valence-electron chi connectivity index (χ4n) is 1.74. The van der Waals surface area contributed by atoms with Gasteiger partial charge < -0.3 is 4.74 Å². The minimum absolute atomic E-state index is 0.155. The molecule has 92 valence electrons. The molecule has 0 radical (unpaired) electrons. The van der Waals surface area contributed by atoms with Crippen molar-refractivity contribution in [2.24, 2.45) is 4.99 Å². The highest BCUT2D eigenvalue weighted by molar-refractivity contribution is 5.49. The Morgan fingerprint density at radius 1 is 1.47 bits per heavy atom. The van der Waals surface area contributed by atoms with Crippen molar-refractivity contribution in [2.75, 3.05) is 7.11 Å². The molecule has 1 rings (SSSR count). The van der Waals surface area contributed by atoms with Crippen LogP contribution in [0.3, 0.4) is 0 Å². The zero-order valence-corrected chi connectivity index (χ0v) is 10.5. The van der Waals surface area contributed by atoms with Crippen LogP contribution in [0.2, 0.25) is 0 Å². The maximum Gasteiger partial charge on any atom is 0.235 e. The highest BCUT2D eigenvalue weighted by Gasteiger charge is 2.25. The quantitative estimate of drug-likeness (QED) is 0.596. The summed E-state index contributed by atoms with van der Waals surface area (Å²) in [4.78, 5) is 13.7. The Labute approximate surface area is 100 Å². The third-order valence-corrected chi connectivity index (χ3v) is 2.64. The van der Waals surface area contributed by atoms with Gasteiger partial charge in [0.15, 0.2) is 0 Å². The van der Waals surface area contributed by atoms with Crippen LogP contribution in [0.5, 0.6) is 5.75 Å². The number of halogens is 1. The van der Waals surface area contributed by atoms with E-state index in [1.807, 2.05) is 6.92 Å². The standard InChI is InChI=1S/C13H16FNO2/c1-9-5-6-11(13(2,3)14)12(17-4)10(9)7-15-8-16/h5-6H,7H2,1-4H3. The van der Waals surface area contributed by atoms with Crippen molar-refractivity contribution in [1.29, 1.82) is 0 Å². The normalized spacial score (nSPS) is 10.9. The van der Waals surface area contributed by atoms with E-state index in [4.69, 9.17) is 4.74 Å². The van der Waals surface area contributed by atoms with Gasteiger partial charge in [0.1, 0.15) is 11.4 Å². The number of rotatable bonds is 4. The molecule has 0 aromatic heterocycles. The van der Waals surface area contributed by atoms with Crippen LogP contribution >= 0.6 is 0 Å². The van der Waals surface area contributed by atoms with Crippen LogP contribution in [-0.2, 0) is 17.0 Å². The molecule has 0 fully saturated rings. The molecular weight excluding hydrogens is 221 g/mol. The van der Waals surface area contributed by atoms with Gasteiger partial charge in [-0.05, 0) is 26.3 Å². The van der Waals surface area contributed by atoms with Gasteiger partial charge in [-0.3, -0.25) is 0 Å². The second-order valence-electron chi connectivity index (χ2n) is 4.32. The van der Waals surface area contributed by atoms with Gasteiger partial charge in [0.05, 0.1) is 13.7 Å². The van der Waals surface area contributed by atoms with Gasteiger partial charge >= 0.3 is 0 Å². The van der Waals surface area contributed by atoms with E-state index in [0.29, 0.717) is 11.3 Å². The van der Waals surface area contributed by atoms with E-state index in [2.05, 4.69) is 4.99 Å². The topological polar surface area (TPSA) is 38.7 Å². The molecule has 4 heteroatoms. The molecule has 0 amide bonds. The summed E-state index contributed by atoms with van der Waals surface area (Å²) in [5.41, 5.74) is 0.591. The number of aryl methyl sites for hydroxylation is 1. The van der Waals surface area contributed by atoms with E-state index in [-0.39, 0.29) is 6.54 Å². The summed E-state index contributed by atoms with van der Waals surface area (Å²) >= 11 is 0. The molecule has 17 heavy (non-hydrogen) atoms. The number of ether oxygens (including phenoxy) is 1. The second-order valence-corrected chi connectivity index (χ2v) is 4.32. The van der Waals surface area contributed by atoms with Crippen LogP contribution in [0.1, 0.15) is 30.5 Å². The van der Waals surface area contributed by atoms with Crippen molar-refractivity contribution in [1.82, 2.24) is 0 Å². The summed E-state index contributed by atoms with van der Waals surface area (Å²) in [7, 11) is 1.48. The Hall–Kier alpha value is -1.67. The van der Waals surface area contributed by atoms with Crippen LogP contribution in [0.4, 0.5) is 4.39 Å². The number of carbonyl (C=O) groups excluding carboxylic acids is 1. The largest absolute Gasteiger partial charge is 0.496 e. The second kappa shape index (κ2) is 5.11. The molecule has 0 spiro atoms. The molecule has 0 saturated heterocycles. The first-order chi connectivity index (χ1) is 7.91. The summed E-state index contributed by atoms with van der Waals surface area (Å²) in [5.74, 6) is 0.455. The van der Waals surface area contributed by atoms with Gasteiger partial charge in [-0.2, -0.15) is 0 Å². The minimum atomic E-state index is -1.50. The first-order valence-electron chi connectivity index (χ1n) is 5.31. The van der Waals surface area contributed by atoms with E-state index in [1.165, 1.54) is 27.0 Å². The predicted octanol–water partition coefficient (Wildman–Crippen LogP) is 3.04. The first kappa shape index (κ1) is 13.4. The number of aliphatic imine (C=N–C) groups is 1. The highest BCUT2D eigenvalue weighted by Crippen LogP contribution is 2.36. The SMILES string of the molecule is COc1c(C(C)(C)F)ccc(C)c1CN=C=O. The summed E-state index contributed by atoms with van der Waals surface area (Å²) in [5, 5.41) is 0. The molecular formula is C13H16FNO2. The molecule has 1 aromatic rings. The van der Waals surface area contributed by atoms with Crippen molar-refractivity contribution in [3.8, 4) is 5.75 Å². The summed E-state index contributed by atoms with van der Waals surface area (Å²) in [6, 6.07) is 3.50. The van der Waals surface area contributed by atoms with E-state index in [0.717, 1.165) is 11.1 Å². The van der Waals surface area contributed by atoms with Crippen molar-refractivity contribution in [3.63, 3.8) is 0 Å². The third kappa shape index (κ3) is 2.92. The van der Waals surface area contributed by atoms with Crippen molar-refractivity contribution < 1.29 is 13.9 Å². The van der Waals surface area contributed by atoms with Crippen molar-refractivity contribution >= 4 is 6.08 Å². The van der Waals surface area contributed by atoms with Crippen LogP contribution in [0, 0.1) is 6.92 Å². The molecule has 0 aliphatic carbocycles. The average molecular weight is 237 g/mol. The summed E-state index contributed by atoms with van der Waals surface area (Å²) < 4.78 is 19.3. The average Bonchev–Trinajstić information content (AvgIpc) is 2.25. The van der Waals surface area contributed by atoms with Crippen LogP contribution in [0.15, 0.2) is 17.1 Å². The Bertz CT molecular complexity index is 457. The summed E-state index contributed by atoms with van der Waals surface area (Å²) in [6.07, 6.45) is 1.48. The first-order valence-corrected chi connectivity index (χ1v) is 5.31. The van der Waals surface area contributed by atoms with Gasteiger partial charge in [0, 0.05) is 11.1 Å². The molecule has 0 N–H and O–H groups in total. The number of alkyl halides is 1. The monoisotopic (exact) mass is 237 g/mol. The molecule has 0 bridgehead atoms. The van der Waals surface area contributed by atoms with Gasteiger partial charge in [0.25, 0.3) is 0 Å². The smallest absolute Gasteiger partial charge is 0.235 e. The fraction of sp³-hybridized carbons (Fsp3) is 0.462. The lowest BCUT2D eigenvalue weighted by molar-refractivity contribution is 0.213. The molecule has 0 saturated carbocycles. The van der Waals surface area contributed by atoms with Crippen LogP contribution in [0.25, 0.3) is 0 Å². The third-order valence-electron chi connectivity index (χ3n) is 2.64. The van der Waals surface area contributed by atoms with E-state index in [1.54, 1.807) is 12.1 Å². The van der Waals surface area contributed by atoms with Crippen molar-refractivity contribution in [2.45, 2.75) is 33.0 Å². The lowest BCUT2D eigenvalue weighted by Gasteiger charge is -2.21. The molecule has 0 unspecified atom stereocenters. The maximum atomic E-state index is 14.0. The number of methoxy groups -OCH3 is 1. The van der Waals surface area contributed by atoms with Crippen LogP contribution in [-0.4, -0.2) is 13.2 Å². The van der Waals surface area contributed by atoms with Gasteiger partial charge in [-0.15, -0.1) is 0 Å². The maximum absolute atomic E-state index is 14.0. The van der Waals surface area contributed by atoms with E-state index >= 15 is 0 Å². The molecule has 3 nitrogen and oxygen atoms in total. The van der Waals surface area contributed by atoms with Gasteiger partial charge in [-0.1, -0.05) is 12.1 Å². The Kier molecular flexibility index (Phi) is 4.02. The zero-order valence-electron chi connectivity index (χ0n) is 10.5. The van der Waals surface area contributed by atoms with Gasteiger partial charge in [0.2, 0.25) is 6.08 Å². The molecule has 0 aliphatic rings. The number of hydrogen-bond acceptors (Lipinski definition) is 3. The Balaban J connectivity index is 3.41.